The van der Waals surface area contributed by atoms with Gasteiger partial charge in [-0.2, -0.15) is 0 Å². The van der Waals surface area contributed by atoms with E-state index >= 15 is 0 Å². The molecule has 0 radical (unpaired) electrons. The van der Waals surface area contributed by atoms with Crippen LogP contribution in [-0.4, -0.2) is 32.1 Å². The molecule has 0 unspecified atom stereocenters. The molecular weight excluding hydrogens is 316 g/mol. The Morgan fingerprint density at radius 1 is 1.15 bits per heavy atom. The van der Waals surface area contributed by atoms with E-state index in [4.69, 9.17) is 4.42 Å². The van der Waals surface area contributed by atoms with E-state index in [0.29, 0.717) is 0 Å². The predicted octanol–water partition coefficient (Wildman–Crippen LogP) is 3.75. The monoisotopic (exact) mass is 336 g/mol. The maximum Gasteiger partial charge on any atom is 0.134 e. The van der Waals surface area contributed by atoms with E-state index in [1.54, 1.807) is 0 Å². The summed E-state index contributed by atoms with van der Waals surface area (Å²) in [4.78, 5) is 2.28. The van der Waals surface area contributed by atoms with E-state index in [0.717, 1.165) is 47.6 Å². The molecule has 108 valence electrons. The summed E-state index contributed by atoms with van der Waals surface area (Å²) in [6.45, 7) is 2.96. The van der Waals surface area contributed by atoms with Gasteiger partial charge in [0.1, 0.15) is 11.5 Å². The van der Waals surface area contributed by atoms with Crippen LogP contribution in [0.25, 0.3) is 11.3 Å². The van der Waals surface area contributed by atoms with Crippen LogP contribution in [0.1, 0.15) is 12.2 Å². The summed E-state index contributed by atoms with van der Waals surface area (Å²) in [7, 11) is 4.11. The smallest absolute Gasteiger partial charge is 0.134 e. The third kappa shape index (κ3) is 4.47. The molecule has 0 fully saturated rings. The highest BCUT2D eigenvalue weighted by Crippen LogP contribution is 2.24. The maximum atomic E-state index is 5.91. The maximum absolute atomic E-state index is 5.91. The standard InChI is InChI=1S/C16H21BrN2O/c1-18-10-3-11-19(2)12-15-8-9-16(20-15)13-4-6-14(17)7-5-13/h4-9,18H,3,10-12H2,1-2H3. The molecule has 0 saturated carbocycles. The van der Waals surface area contributed by atoms with Crippen molar-refractivity contribution in [2.75, 3.05) is 27.2 Å². The summed E-state index contributed by atoms with van der Waals surface area (Å²) < 4.78 is 6.99. The number of hydrogen-bond donors (Lipinski definition) is 1. The largest absolute Gasteiger partial charge is 0.460 e. The lowest BCUT2D eigenvalue weighted by Crippen LogP contribution is -2.22. The van der Waals surface area contributed by atoms with E-state index in [9.17, 15) is 0 Å². The molecule has 2 aromatic rings. The minimum absolute atomic E-state index is 0.847. The summed E-state index contributed by atoms with van der Waals surface area (Å²) in [5.74, 6) is 1.94. The summed E-state index contributed by atoms with van der Waals surface area (Å²) in [5.41, 5.74) is 1.11. The van der Waals surface area contributed by atoms with Crippen LogP contribution < -0.4 is 5.32 Å². The lowest BCUT2D eigenvalue weighted by molar-refractivity contribution is 0.292. The molecule has 0 aliphatic carbocycles. The van der Waals surface area contributed by atoms with E-state index in [1.165, 1.54) is 0 Å². The van der Waals surface area contributed by atoms with Crippen LogP contribution in [0.15, 0.2) is 45.3 Å². The van der Waals surface area contributed by atoms with Gasteiger partial charge in [0, 0.05) is 10.0 Å². The van der Waals surface area contributed by atoms with Gasteiger partial charge in [-0.1, -0.05) is 28.1 Å². The number of rotatable bonds is 7. The Morgan fingerprint density at radius 3 is 2.60 bits per heavy atom. The van der Waals surface area contributed by atoms with Gasteiger partial charge in [0.25, 0.3) is 0 Å². The van der Waals surface area contributed by atoms with E-state index in [2.05, 4.69) is 51.4 Å². The molecule has 1 aromatic carbocycles. The molecule has 0 atom stereocenters. The van der Waals surface area contributed by atoms with Crippen LogP contribution in [0, 0.1) is 0 Å². The fraction of sp³-hybridized carbons (Fsp3) is 0.375. The Bertz CT molecular complexity index is 522. The molecule has 4 heteroatoms. The number of hydrogen-bond acceptors (Lipinski definition) is 3. The fourth-order valence-corrected chi connectivity index (χ4v) is 2.37. The van der Waals surface area contributed by atoms with Crippen LogP contribution in [0.5, 0.6) is 0 Å². The van der Waals surface area contributed by atoms with E-state index < -0.39 is 0 Å². The van der Waals surface area contributed by atoms with Gasteiger partial charge in [-0.05, 0) is 57.9 Å². The van der Waals surface area contributed by atoms with Crippen molar-refractivity contribution in [2.24, 2.45) is 0 Å². The van der Waals surface area contributed by atoms with Gasteiger partial charge in [-0.25, -0.2) is 0 Å². The van der Waals surface area contributed by atoms with Gasteiger partial charge in [0.15, 0.2) is 0 Å². The van der Waals surface area contributed by atoms with Crippen molar-refractivity contribution in [1.82, 2.24) is 10.2 Å². The zero-order valence-electron chi connectivity index (χ0n) is 12.0. The summed E-state index contributed by atoms with van der Waals surface area (Å²) in [6.07, 6.45) is 1.15. The van der Waals surface area contributed by atoms with Gasteiger partial charge in [-0.15, -0.1) is 0 Å². The zero-order valence-corrected chi connectivity index (χ0v) is 13.6. The molecule has 2 rings (SSSR count). The second-order valence-electron chi connectivity index (χ2n) is 4.97. The van der Waals surface area contributed by atoms with Crippen molar-refractivity contribution >= 4 is 15.9 Å². The topological polar surface area (TPSA) is 28.4 Å². The summed E-state index contributed by atoms with van der Waals surface area (Å²) in [5, 5.41) is 3.16. The molecule has 0 spiro atoms. The second kappa shape index (κ2) is 7.62. The molecule has 0 amide bonds. The van der Waals surface area contributed by atoms with Crippen molar-refractivity contribution in [1.29, 1.82) is 0 Å². The highest BCUT2D eigenvalue weighted by Gasteiger charge is 2.07. The molecule has 0 aliphatic rings. The number of furan rings is 1. The van der Waals surface area contributed by atoms with Crippen LogP contribution in [0.2, 0.25) is 0 Å². The molecule has 0 aliphatic heterocycles. The SMILES string of the molecule is CNCCCN(C)Cc1ccc(-c2ccc(Br)cc2)o1. The van der Waals surface area contributed by atoms with E-state index in [1.807, 2.05) is 25.2 Å². The average molecular weight is 337 g/mol. The molecule has 1 heterocycles. The van der Waals surface area contributed by atoms with Crippen molar-refractivity contribution in [2.45, 2.75) is 13.0 Å². The summed E-state index contributed by atoms with van der Waals surface area (Å²) in [6, 6.07) is 12.3. The molecule has 20 heavy (non-hydrogen) atoms. The highest BCUT2D eigenvalue weighted by molar-refractivity contribution is 9.10. The molecule has 3 nitrogen and oxygen atoms in total. The van der Waals surface area contributed by atoms with Crippen LogP contribution >= 0.6 is 15.9 Å². The predicted molar refractivity (Wildman–Crippen MR) is 86.7 cm³/mol. The quantitative estimate of drug-likeness (QED) is 0.780. The molecule has 1 aromatic heterocycles. The van der Waals surface area contributed by atoms with Gasteiger partial charge in [0.2, 0.25) is 0 Å². The van der Waals surface area contributed by atoms with Gasteiger partial charge >= 0.3 is 0 Å². The van der Waals surface area contributed by atoms with Crippen molar-refractivity contribution < 1.29 is 4.42 Å². The minimum atomic E-state index is 0.847. The highest BCUT2D eigenvalue weighted by atomic mass is 79.9. The van der Waals surface area contributed by atoms with Crippen molar-refractivity contribution in [3.63, 3.8) is 0 Å². The van der Waals surface area contributed by atoms with Gasteiger partial charge < -0.3 is 9.73 Å². The van der Waals surface area contributed by atoms with Gasteiger partial charge in [-0.3, -0.25) is 4.90 Å². The molecule has 1 N–H and O–H groups in total. The fourth-order valence-electron chi connectivity index (χ4n) is 2.10. The van der Waals surface area contributed by atoms with Crippen LogP contribution in [0.4, 0.5) is 0 Å². The first kappa shape index (κ1) is 15.3. The number of halogens is 1. The zero-order chi connectivity index (χ0) is 14.4. The number of nitrogens with one attached hydrogen (secondary N) is 1. The number of nitrogens with zero attached hydrogens (tertiary/aromatic N) is 1. The van der Waals surface area contributed by atoms with Gasteiger partial charge in [0.05, 0.1) is 6.54 Å². The first-order valence-corrected chi connectivity index (χ1v) is 7.66. The Morgan fingerprint density at radius 2 is 1.90 bits per heavy atom. The third-order valence-corrected chi connectivity index (χ3v) is 3.71. The first-order chi connectivity index (χ1) is 9.69. The van der Waals surface area contributed by atoms with Crippen molar-refractivity contribution in [3.8, 4) is 11.3 Å². The Labute approximate surface area is 129 Å². The Hall–Kier alpha value is -1.10. The van der Waals surface area contributed by atoms with Crippen LogP contribution in [0.3, 0.4) is 0 Å². The molecular formula is C16H21BrN2O. The molecule has 0 bridgehead atoms. The third-order valence-electron chi connectivity index (χ3n) is 3.18. The first-order valence-electron chi connectivity index (χ1n) is 6.87. The second-order valence-corrected chi connectivity index (χ2v) is 5.88. The lowest BCUT2D eigenvalue weighted by atomic mass is 10.2. The van der Waals surface area contributed by atoms with E-state index in [-0.39, 0.29) is 0 Å². The summed E-state index contributed by atoms with van der Waals surface area (Å²) >= 11 is 3.44. The minimum Gasteiger partial charge on any atom is -0.460 e. The Kier molecular flexibility index (Phi) is 5.83. The normalized spacial score (nSPS) is 11.2. The molecule has 0 saturated heterocycles. The Balaban J connectivity index is 1.93. The average Bonchev–Trinajstić information content (AvgIpc) is 2.88. The van der Waals surface area contributed by atoms with Crippen molar-refractivity contribution in [3.05, 3.63) is 46.6 Å². The van der Waals surface area contributed by atoms with Crippen LogP contribution in [-0.2, 0) is 6.54 Å². The number of benzene rings is 1. The lowest BCUT2D eigenvalue weighted by Gasteiger charge is -2.14.